The summed E-state index contributed by atoms with van der Waals surface area (Å²) in [6.07, 6.45) is 3.08. The van der Waals surface area contributed by atoms with E-state index in [4.69, 9.17) is 4.52 Å². The summed E-state index contributed by atoms with van der Waals surface area (Å²) in [5.74, 6) is 0.335. The van der Waals surface area contributed by atoms with Gasteiger partial charge in [0.15, 0.2) is 5.76 Å². The Kier molecular flexibility index (Phi) is 4.67. The molecular weight excluding hydrogens is 374 g/mol. The number of rotatable bonds is 6. The standard InChI is InChI=1S/C22H21NO4S/c1-14-19(13-28(2)26)20(27-23-14)17-5-3-15(4-6-17)16-7-9-18(10-8-16)22(11-12-22)21(24)25/h3-10H,11-13H2,1-2H3,(H,24,25). The molecule has 0 saturated heterocycles. The molecule has 1 aliphatic rings. The maximum atomic E-state index is 11.6. The lowest BCUT2D eigenvalue weighted by atomic mass is 9.93. The second kappa shape index (κ2) is 7.02. The fraction of sp³-hybridized carbons (Fsp3) is 0.273. The van der Waals surface area contributed by atoms with Gasteiger partial charge in [-0.1, -0.05) is 53.7 Å². The lowest BCUT2D eigenvalue weighted by molar-refractivity contribution is -0.140. The highest BCUT2D eigenvalue weighted by Crippen LogP contribution is 2.48. The number of nitrogens with zero attached hydrogens (tertiary/aromatic N) is 1. The molecule has 0 radical (unpaired) electrons. The van der Waals surface area contributed by atoms with Crippen molar-refractivity contribution in [3.63, 3.8) is 0 Å². The number of hydrogen-bond donors (Lipinski definition) is 1. The summed E-state index contributed by atoms with van der Waals surface area (Å²) >= 11 is 0. The number of carbonyl (C=O) groups is 1. The van der Waals surface area contributed by atoms with E-state index in [-0.39, 0.29) is 0 Å². The van der Waals surface area contributed by atoms with E-state index in [1.807, 2.05) is 55.5 Å². The normalized spacial score (nSPS) is 15.9. The van der Waals surface area contributed by atoms with Crippen LogP contribution in [0.5, 0.6) is 0 Å². The van der Waals surface area contributed by atoms with Crippen LogP contribution in [0.3, 0.4) is 0 Å². The Morgan fingerprint density at radius 3 is 2.11 bits per heavy atom. The summed E-state index contributed by atoms with van der Waals surface area (Å²) in [5, 5.41) is 13.4. The molecule has 1 aliphatic carbocycles. The zero-order valence-corrected chi connectivity index (χ0v) is 16.6. The highest BCUT2D eigenvalue weighted by Gasteiger charge is 2.51. The Morgan fingerprint density at radius 2 is 1.61 bits per heavy atom. The van der Waals surface area contributed by atoms with Crippen LogP contribution in [0.15, 0.2) is 53.1 Å². The molecule has 2 aromatic carbocycles. The second-order valence-electron chi connectivity index (χ2n) is 7.34. The maximum absolute atomic E-state index is 11.6. The minimum atomic E-state index is -0.973. The van der Waals surface area contributed by atoms with Crippen LogP contribution >= 0.6 is 0 Å². The molecule has 0 amide bonds. The molecule has 0 spiro atoms. The van der Waals surface area contributed by atoms with Crippen LogP contribution in [-0.2, 0) is 26.8 Å². The molecule has 4 rings (SSSR count). The number of aromatic nitrogens is 1. The van der Waals surface area contributed by atoms with Gasteiger partial charge in [-0.15, -0.1) is 0 Å². The first-order chi connectivity index (χ1) is 13.4. The summed E-state index contributed by atoms with van der Waals surface area (Å²) in [5.41, 5.74) is 4.78. The Morgan fingerprint density at radius 1 is 1.07 bits per heavy atom. The van der Waals surface area contributed by atoms with Crippen LogP contribution in [-0.4, -0.2) is 26.7 Å². The minimum Gasteiger partial charge on any atom is -0.481 e. The highest BCUT2D eigenvalue weighted by molar-refractivity contribution is 7.83. The van der Waals surface area contributed by atoms with Gasteiger partial charge in [0.25, 0.3) is 0 Å². The lowest BCUT2D eigenvalue weighted by Gasteiger charge is -2.11. The van der Waals surface area contributed by atoms with Crippen LogP contribution in [0.4, 0.5) is 0 Å². The van der Waals surface area contributed by atoms with Gasteiger partial charge >= 0.3 is 5.97 Å². The molecule has 28 heavy (non-hydrogen) atoms. The molecule has 0 aliphatic heterocycles. The van der Waals surface area contributed by atoms with E-state index in [2.05, 4.69) is 5.16 Å². The van der Waals surface area contributed by atoms with E-state index in [1.165, 1.54) is 0 Å². The average molecular weight is 395 g/mol. The van der Waals surface area contributed by atoms with Gasteiger partial charge in [-0.25, -0.2) is 0 Å². The molecule has 0 bridgehead atoms. The molecule has 5 nitrogen and oxygen atoms in total. The van der Waals surface area contributed by atoms with E-state index in [1.54, 1.807) is 6.26 Å². The summed E-state index contributed by atoms with van der Waals surface area (Å²) < 4.78 is 17.1. The molecule has 1 atom stereocenters. The van der Waals surface area contributed by atoms with E-state index in [0.717, 1.165) is 33.5 Å². The Balaban J connectivity index is 1.59. The van der Waals surface area contributed by atoms with Crippen LogP contribution in [0.1, 0.15) is 29.7 Å². The third kappa shape index (κ3) is 3.29. The fourth-order valence-electron chi connectivity index (χ4n) is 3.54. The van der Waals surface area contributed by atoms with Crippen molar-refractivity contribution in [2.75, 3.05) is 6.26 Å². The first-order valence-electron chi connectivity index (χ1n) is 9.11. The van der Waals surface area contributed by atoms with Crippen molar-refractivity contribution in [3.8, 4) is 22.5 Å². The maximum Gasteiger partial charge on any atom is 0.314 e. The van der Waals surface area contributed by atoms with Gasteiger partial charge in [-0.05, 0) is 36.5 Å². The van der Waals surface area contributed by atoms with Crippen LogP contribution in [0, 0.1) is 6.92 Å². The Bertz CT molecular complexity index is 1050. The van der Waals surface area contributed by atoms with Crippen molar-refractivity contribution in [2.24, 2.45) is 0 Å². The van der Waals surface area contributed by atoms with E-state index in [0.29, 0.717) is 24.4 Å². The van der Waals surface area contributed by atoms with Crippen molar-refractivity contribution >= 4 is 16.8 Å². The third-order valence-electron chi connectivity index (χ3n) is 5.41. The van der Waals surface area contributed by atoms with E-state index in [9.17, 15) is 14.1 Å². The third-order valence-corrected chi connectivity index (χ3v) is 6.10. The minimum absolute atomic E-state index is 0.416. The number of aryl methyl sites for hydroxylation is 1. The van der Waals surface area contributed by atoms with Crippen molar-refractivity contribution < 1.29 is 18.6 Å². The Labute approximate surface area is 165 Å². The molecule has 1 saturated carbocycles. The Hall–Kier alpha value is -2.73. The van der Waals surface area contributed by atoms with Gasteiger partial charge < -0.3 is 9.63 Å². The molecule has 3 aromatic rings. The first-order valence-corrected chi connectivity index (χ1v) is 10.8. The summed E-state index contributed by atoms with van der Waals surface area (Å²) in [4.78, 5) is 11.5. The predicted molar refractivity (Wildman–Crippen MR) is 108 cm³/mol. The summed E-state index contributed by atoms with van der Waals surface area (Å²) in [7, 11) is -0.973. The van der Waals surface area contributed by atoms with Crippen LogP contribution in [0.2, 0.25) is 0 Å². The predicted octanol–water partition coefficient (Wildman–Crippen LogP) is 4.31. The molecule has 144 valence electrons. The van der Waals surface area contributed by atoms with Gasteiger partial charge in [0.05, 0.1) is 16.9 Å². The van der Waals surface area contributed by atoms with Crippen LogP contribution < -0.4 is 0 Å². The van der Waals surface area contributed by atoms with Crippen LogP contribution in [0.25, 0.3) is 22.5 Å². The summed E-state index contributed by atoms with van der Waals surface area (Å²) in [6.45, 7) is 1.86. The fourth-order valence-corrected chi connectivity index (χ4v) is 4.28. The topological polar surface area (TPSA) is 80.4 Å². The smallest absolute Gasteiger partial charge is 0.314 e. The molecular formula is C22H21NO4S. The first kappa shape index (κ1) is 18.6. The molecule has 1 N–H and O–H groups in total. The van der Waals surface area contributed by atoms with Gasteiger partial charge in [0.1, 0.15) is 0 Å². The van der Waals surface area contributed by atoms with Crippen molar-refractivity contribution in [2.45, 2.75) is 30.9 Å². The van der Waals surface area contributed by atoms with Crippen molar-refractivity contribution in [1.82, 2.24) is 5.16 Å². The number of benzene rings is 2. The zero-order valence-electron chi connectivity index (χ0n) is 15.8. The molecule has 1 heterocycles. The van der Waals surface area contributed by atoms with Gasteiger partial charge in [0.2, 0.25) is 0 Å². The van der Waals surface area contributed by atoms with Gasteiger partial charge in [-0.2, -0.15) is 0 Å². The molecule has 1 fully saturated rings. The SMILES string of the molecule is Cc1noc(-c2ccc(-c3ccc(C4(C(=O)O)CC4)cc3)cc2)c1CS(C)=O. The monoisotopic (exact) mass is 395 g/mol. The largest absolute Gasteiger partial charge is 0.481 e. The molecule has 6 heteroatoms. The zero-order chi connectivity index (χ0) is 19.9. The van der Waals surface area contributed by atoms with Gasteiger partial charge in [0, 0.05) is 28.2 Å². The van der Waals surface area contributed by atoms with E-state index < -0.39 is 22.2 Å². The van der Waals surface area contributed by atoms with Crippen molar-refractivity contribution in [1.29, 1.82) is 0 Å². The number of aliphatic carboxylic acids is 1. The second-order valence-corrected chi connectivity index (χ2v) is 8.77. The van der Waals surface area contributed by atoms with E-state index >= 15 is 0 Å². The lowest BCUT2D eigenvalue weighted by Crippen LogP contribution is -2.19. The highest BCUT2D eigenvalue weighted by atomic mass is 32.2. The number of carboxylic acids is 1. The average Bonchev–Trinajstić information content (AvgIpc) is 3.43. The van der Waals surface area contributed by atoms with Crippen molar-refractivity contribution in [3.05, 3.63) is 65.4 Å². The quantitative estimate of drug-likeness (QED) is 0.673. The number of hydrogen-bond acceptors (Lipinski definition) is 4. The van der Waals surface area contributed by atoms with Gasteiger partial charge in [-0.3, -0.25) is 9.00 Å². The summed E-state index contributed by atoms with van der Waals surface area (Å²) in [6, 6.07) is 15.7. The molecule has 1 unspecified atom stereocenters. The number of carboxylic acid groups (broad SMARTS) is 1. The molecule has 1 aromatic heterocycles.